The fraction of sp³-hybridized carbons (Fsp3) is 0.900. The van der Waals surface area contributed by atoms with E-state index in [0.29, 0.717) is 6.04 Å². The van der Waals surface area contributed by atoms with Crippen LogP contribution in [-0.2, 0) is 0 Å². The average Bonchev–Trinajstić information content (AvgIpc) is 2.09. The number of nitrogens with one attached hydrogen (secondary N) is 1. The van der Waals surface area contributed by atoms with E-state index in [1.165, 1.54) is 0 Å². The molecule has 1 saturated heterocycles. The molecule has 1 fully saturated rings. The summed E-state index contributed by atoms with van der Waals surface area (Å²) in [6.45, 7) is 6.23. The second-order valence-electron chi connectivity index (χ2n) is 4.30. The maximum atomic E-state index is 9.15. The molecule has 1 aliphatic heterocycles. The number of nitriles is 1. The van der Waals surface area contributed by atoms with E-state index in [-0.39, 0.29) is 5.54 Å². The molecule has 0 radical (unpaired) electrons. The molecule has 3 heteroatoms. The fourth-order valence-corrected chi connectivity index (χ4v) is 1.84. The molecule has 0 aromatic heterocycles. The molecular weight excluding hydrogens is 162 g/mol. The average molecular weight is 181 g/mol. The lowest BCUT2D eigenvalue weighted by Crippen LogP contribution is -2.53. The van der Waals surface area contributed by atoms with Crippen molar-refractivity contribution in [1.82, 2.24) is 10.2 Å². The van der Waals surface area contributed by atoms with Crippen molar-refractivity contribution in [1.29, 1.82) is 5.26 Å². The van der Waals surface area contributed by atoms with E-state index >= 15 is 0 Å². The van der Waals surface area contributed by atoms with E-state index in [4.69, 9.17) is 5.26 Å². The zero-order chi connectivity index (χ0) is 9.90. The largest absolute Gasteiger partial charge is 0.306 e. The predicted molar refractivity (Wildman–Crippen MR) is 53.3 cm³/mol. The first-order chi connectivity index (χ1) is 6.08. The van der Waals surface area contributed by atoms with Crippen LogP contribution in [0.3, 0.4) is 0 Å². The number of likely N-dealkylation sites (tertiary alicyclic amines) is 1. The van der Waals surface area contributed by atoms with Crippen LogP contribution in [-0.4, -0.2) is 36.6 Å². The molecule has 1 N–H and O–H groups in total. The minimum Gasteiger partial charge on any atom is -0.306 e. The van der Waals surface area contributed by atoms with Crippen molar-refractivity contribution in [3.8, 4) is 6.07 Å². The van der Waals surface area contributed by atoms with Gasteiger partial charge in [0.25, 0.3) is 0 Å². The lowest BCUT2D eigenvalue weighted by atomic mass is 9.88. The van der Waals surface area contributed by atoms with Crippen LogP contribution >= 0.6 is 0 Å². The van der Waals surface area contributed by atoms with Crippen molar-refractivity contribution in [3.05, 3.63) is 0 Å². The minimum atomic E-state index is -0.263. The maximum absolute atomic E-state index is 9.15. The quantitative estimate of drug-likeness (QED) is 0.690. The van der Waals surface area contributed by atoms with E-state index in [0.717, 1.165) is 25.9 Å². The third-order valence-corrected chi connectivity index (χ3v) is 2.62. The van der Waals surface area contributed by atoms with Gasteiger partial charge in [0, 0.05) is 19.1 Å². The van der Waals surface area contributed by atoms with Crippen LogP contribution in [0.2, 0.25) is 0 Å². The van der Waals surface area contributed by atoms with Gasteiger partial charge in [0.1, 0.15) is 5.54 Å². The third-order valence-electron chi connectivity index (χ3n) is 2.62. The van der Waals surface area contributed by atoms with E-state index in [2.05, 4.69) is 37.2 Å². The first kappa shape index (κ1) is 10.5. The topological polar surface area (TPSA) is 39.1 Å². The molecule has 0 unspecified atom stereocenters. The third kappa shape index (κ3) is 2.68. The molecule has 0 amide bonds. The lowest BCUT2D eigenvalue weighted by molar-refractivity contribution is 0.188. The summed E-state index contributed by atoms with van der Waals surface area (Å²) in [5, 5.41) is 12.5. The van der Waals surface area contributed by atoms with E-state index in [1.807, 2.05) is 0 Å². The van der Waals surface area contributed by atoms with Gasteiger partial charge in [-0.15, -0.1) is 0 Å². The summed E-state index contributed by atoms with van der Waals surface area (Å²) in [7, 11) is 2.11. The van der Waals surface area contributed by atoms with Crippen molar-refractivity contribution in [2.75, 3.05) is 20.1 Å². The SMILES string of the molecule is CC(C)NC1(C#N)CCN(C)CC1. The number of piperidine rings is 1. The van der Waals surface area contributed by atoms with Gasteiger partial charge in [-0.25, -0.2) is 0 Å². The van der Waals surface area contributed by atoms with Gasteiger partial charge in [-0.2, -0.15) is 5.26 Å². The predicted octanol–water partition coefficient (Wildman–Crippen LogP) is 0.972. The summed E-state index contributed by atoms with van der Waals surface area (Å²) in [4.78, 5) is 2.28. The van der Waals surface area contributed by atoms with Gasteiger partial charge < -0.3 is 4.90 Å². The Kier molecular flexibility index (Phi) is 3.29. The molecule has 0 saturated carbocycles. The van der Waals surface area contributed by atoms with Crippen molar-refractivity contribution in [2.45, 2.75) is 38.3 Å². The Hall–Kier alpha value is -0.590. The van der Waals surface area contributed by atoms with E-state index < -0.39 is 0 Å². The zero-order valence-electron chi connectivity index (χ0n) is 8.80. The van der Waals surface area contributed by atoms with Crippen molar-refractivity contribution < 1.29 is 0 Å². The molecule has 74 valence electrons. The Balaban J connectivity index is 2.57. The smallest absolute Gasteiger partial charge is 0.109 e. The standard InChI is InChI=1S/C10H19N3/c1-9(2)12-10(8-11)4-6-13(3)7-5-10/h9,12H,4-7H2,1-3H3. The number of nitrogens with zero attached hydrogens (tertiary/aromatic N) is 2. The molecule has 1 rings (SSSR count). The molecule has 0 spiro atoms. The normalized spacial score (nSPS) is 23.0. The van der Waals surface area contributed by atoms with Gasteiger partial charge in [-0.1, -0.05) is 0 Å². The van der Waals surface area contributed by atoms with Gasteiger partial charge in [0.15, 0.2) is 0 Å². The first-order valence-corrected chi connectivity index (χ1v) is 4.95. The summed E-state index contributed by atoms with van der Waals surface area (Å²) in [6.07, 6.45) is 1.89. The summed E-state index contributed by atoms with van der Waals surface area (Å²) >= 11 is 0. The highest BCUT2D eigenvalue weighted by Gasteiger charge is 2.33. The zero-order valence-corrected chi connectivity index (χ0v) is 8.80. The van der Waals surface area contributed by atoms with Crippen LogP contribution in [0.15, 0.2) is 0 Å². The number of hydrogen-bond acceptors (Lipinski definition) is 3. The van der Waals surface area contributed by atoms with Crippen LogP contribution < -0.4 is 5.32 Å². The molecule has 1 heterocycles. The monoisotopic (exact) mass is 181 g/mol. The van der Waals surface area contributed by atoms with Gasteiger partial charge >= 0.3 is 0 Å². The van der Waals surface area contributed by atoms with Crippen LogP contribution in [0.5, 0.6) is 0 Å². The fourth-order valence-electron chi connectivity index (χ4n) is 1.84. The van der Waals surface area contributed by atoms with Crippen LogP contribution in [0.1, 0.15) is 26.7 Å². The van der Waals surface area contributed by atoms with Gasteiger partial charge in [-0.3, -0.25) is 5.32 Å². The summed E-state index contributed by atoms with van der Waals surface area (Å²) in [5.41, 5.74) is -0.263. The molecule has 1 aliphatic rings. The Labute approximate surface area is 80.7 Å². The molecule has 0 aromatic carbocycles. The van der Waals surface area contributed by atoms with E-state index in [9.17, 15) is 0 Å². The van der Waals surface area contributed by atoms with Crippen LogP contribution in [0, 0.1) is 11.3 Å². The first-order valence-electron chi connectivity index (χ1n) is 4.95. The number of rotatable bonds is 2. The van der Waals surface area contributed by atoms with Gasteiger partial charge in [-0.05, 0) is 33.7 Å². The summed E-state index contributed by atoms with van der Waals surface area (Å²) in [6, 6.07) is 2.82. The molecule has 0 aromatic rings. The van der Waals surface area contributed by atoms with E-state index in [1.54, 1.807) is 0 Å². The molecular formula is C10H19N3. The second-order valence-corrected chi connectivity index (χ2v) is 4.30. The van der Waals surface area contributed by atoms with Crippen molar-refractivity contribution in [3.63, 3.8) is 0 Å². The molecule has 0 aliphatic carbocycles. The summed E-state index contributed by atoms with van der Waals surface area (Å²) in [5.74, 6) is 0. The lowest BCUT2D eigenvalue weighted by Gasteiger charge is -2.37. The molecule has 0 atom stereocenters. The number of hydrogen-bond donors (Lipinski definition) is 1. The molecule has 13 heavy (non-hydrogen) atoms. The Morgan fingerprint density at radius 3 is 2.31 bits per heavy atom. The Morgan fingerprint density at radius 2 is 1.92 bits per heavy atom. The highest BCUT2D eigenvalue weighted by Crippen LogP contribution is 2.21. The molecule has 0 bridgehead atoms. The van der Waals surface area contributed by atoms with Gasteiger partial charge in [0.05, 0.1) is 6.07 Å². The highest BCUT2D eigenvalue weighted by atomic mass is 15.1. The van der Waals surface area contributed by atoms with Crippen LogP contribution in [0.4, 0.5) is 0 Å². The van der Waals surface area contributed by atoms with Gasteiger partial charge in [0.2, 0.25) is 0 Å². The van der Waals surface area contributed by atoms with Crippen LogP contribution in [0.25, 0.3) is 0 Å². The molecule has 3 nitrogen and oxygen atoms in total. The highest BCUT2D eigenvalue weighted by molar-refractivity contribution is 5.09. The maximum Gasteiger partial charge on any atom is 0.109 e. The minimum absolute atomic E-state index is 0.263. The summed E-state index contributed by atoms with van der Waals surface area (Å²) < 4.78 is 0. The van der Waals surface area contributed by atoms with Crippen molar-refractivity contribution in [2.24, 2.45) is 0 Å². The Morgan fingerprint density at radius 1 is 1.38 bits per heavy atom. The second kappa shape index (κ2) is 4.08. The Bertz CT molecular complexity index is 197. The van der Waals surface area contributed by atoms with Crippen molar-refractivity contribution >= 4 is 0 Å².